The van der Waals surface area contributed by atoms with Crippen LogP contribution < -0.4 is 16.0 Å². The zero-order chi connectivity index (χ0) is 24.5. The molecule has 0 aliphatic heterocycles. The van der Waals surface area contributed by atoms with Crippen LogP contribution in [-0.4, -0.2) is 42.9 Å². The van der Waals surface area contributed by atoms with Crippen molar-refractivity contribution in [2.75, 3.05) is 7.11 Å². The number of carbonyl (C=O) groups excluding carboxylic acids is 4. The van der Waals surface area contributed by atoms with Gasteiger partial charge in [0, 0.05) is 6.07 Å². The molecule has 8 nitrogen and oxygen atoms in total. The lowest BCUT2D eigenvalue weighted by Crippen LogP contribution is -2.52. The number of nitrogens with one attached hydrogen (secondary N) is 3. The van der Waals surface area contributed by atoms with Crippen molar-refractivity contribution in [2.45, 2.75) is 38.4 Å². The van der Waals surface area contributed by atoms with E-state index in [0.717, 1.165) is 12.1 Å². The molecule has 0 bridgehead atoms. The van der Waals surface area contributed by atoms with Gasteiger partial charge in [0.25, 0.3) is 0 Å². The first-order valence-corrected chi connectivity index (χ1v) is 10.1. The van der Waals surface area contributed by atoms with Crippen LogP contribution in [0.2, 0.25) is 0 Å². The average molecular weight is 461 g/mol. The Hall–Kier alpha value is -3.82. The summed E-state index contributed by atoms with van der Waals surface area (Å²) in [5.41, 5.74) is 0.616. The minimum Gasteiger partial charge on any atom is -0.467 e. The van der Waals surface area contributed by atoms with Crippen molar-refractivity contribution in [3.8, 4) is 0 Å². The molecule has 0 saturated carbocycles. The minimum absolute atomic E-state index is 0.111. The smallest absolute Gasteiger partial charge is 0.333 e. The molecule has 0 aromatic heterocycles. The third-order valence-corrected chi connectivity index (χ3v) is 4.67. The SMILES string of the molecule is COC(=O)[C@@H](NC(=O)[C@H](C)NC(=O)[C@H](C)NC(=O)Cc1cc(F)cc(F)c1)c1ccccc1. The van der Waals surface area contributed by atoms with Gasteiger partial charge in [0.15, 0.2) is 6.04 Å². The number of hydrogen-bond donors (Lipinski definition) is 3. The van der Waals surface area contributed by atoms with Gasteiger partial charge in [-0.25, -0.2) is 13.6 Å². The van der Waals surface area contributed by atoms with Crippen molar-refractivity contribution in [3.05, 3.63) is 71.3 Å². The second-order valence-electron chi connectivity index (χ2n) is 7.35. The molecule has 2 rings (SSSR count). The van der Waals surface area contributed by atoms with Gasteiger partial charge in [0.2, 0.25) is 17.7 Å². The fourth-order valence-electron chi connectivity index (χ4n) is 2.97. The van der Waals surface area contributed by atoms with Gasteiger partial charge in [-0.3, -0.25) is 14.4 Å². The number of hydrogen-bond acceptors (Lipinski definition) is 5. The third-order valence-electron chi connectivity index (χ3n) is 4.67. The summed E-state index contributed by atoms with van der Waals surface area (Å²) >= 11 is 0. The van der Waals surface area contributed by atoms with Gasteiger partial charge in [0.05, 0.1) is 13.5 Å². The van der Waals surface area contributed by atoms with Gasteiger partial charge in [-0.05, 0) is 37.1 Å². The molecule has 2 aromatic rings. The van der Waals surface area contributed by atoms with Crippen molar-refractivity contribution in [1.29, 1.82) is 0 Å². The number of ether oxygens (including phenoxy) is 1. The molecule has 0 radical (unpaired) electrons. The lowest BCUT2D eigenvalue weighted by molar-refractivity contribution is -0.145. The van der Waals surface area contributed by atoms with E-state index in [9.17, 15) is 28.0 Å². The van der Waals surface area contributed by atoms with Crippen molar-refractivity contribution in [2.24, 2.45) is 0 Å². The Kier molecular flexibility index (Phi) is 9.02. The Morgan fingerprint density at radius 3 is 1.97 bits per heavy atom. The fourth-order valence-corrected chi connectivity index (χ4v) is 2.97. The minimum atomic E-state index is -1.06. The first kappa shape index (κ1) is 25.4. The summed E-state index contributed by atoms with van der Waals surface area (Å²) in [6.07, 6.45) is -0.333. The van der Waals surface area contributed by atoms with Crippen LogP contribution >= 0.6 is 0 Å². The zero-order valence-electron chi connectivity index (χ0n) is 18.4. The van der Waals surface area contributed by atoms with Crippen molar-refractivity contribution >= 4 is 23.7 Å². The fraction of sp³-hybridized carbons (Fsp3) is 0.304. The second kappa shape index (κ2) is 11.7. The largest absolute Gasteiger partial charge is 0.467 e. The molecule has 2 aromatic carbocycles. The monoisotopic (exact) mass is 461 g/mol. The number of halogens is 2. The van der Waals surface area contributed by atoms with E-state index in [0.29, 0.717) is 11.6 Å². The van der Waals surface area contributed by atoms with Crippen LogP contribution in [0.15, 0.2) is 48.5 Å². The van der Waals surface area contributed by atoms with Crippen LogP contribution in [0.25, 0.3) is 0 Å². The molecule has 0 aliphatic carbocycles. The summed E-state index contributed by atoms with van der Waals surface area (Å²) < 4.78 is 31.3. The summed E-state index contributed by atoms with van der Waals surface area (Å²) in [5, 5.41) is 7.37. The van der Waals surface area contributed by atoms with E-state index in [2.05, 4.69) is 16.0 Å². The molecule has 3 atom stereocenters. The number of benzene rings is 2. The predicted octanol–water partition coefficient (Wildman–Crippen LogP) is 1.55. The van der Waals surface area contributed by atoms with E-state index >= 15 is 0 Å². The highest BCUT2D eigenvalue weighted by molar-refractivity contribution is 5.93. The predicted molar refractivity (Wildman–Crippen MR) is 115 cm³/mol. The normalized spacial score (nSPS) is 13.2. The summed E-state index contributed by atoms with van der Waals surface area (Å²) in [5.74, 6) is -4.24. The Labute approximate surface area is 189 Å². The number of esters is 1. The molecule has 0 heterocycles. The Morgan fingerprint density at radius 2 is 1.39 bits per heavy atom. The van der Waals surface area contributed by atoms with E-state index in [1.54, 1.807) is 30.3 Å². The van der Waals surface area contributed by atoms with Crippen LogP contribution in [0, 0.1) is 11.6 Å². The second-order valence-corrected chi connectivity index (χ2v) is 7.35. The molecule has 0 fully saturated rings. The number of carbonyl (C=O) groups is 4. The Morgan fingerprint density at radius 1 is 0.848 bits per heavy atom. The molecule has 0 aliphatic rings. The third kappa shape index (κ3) is 7.67. The van der Waals surface area contributed by atoms with E-state index in [-0.39, 0.29) is 12.0 Å². The van der Waals surface area contributed by atoms with Crippen LogP contribution in [0.1, 0.15) is 31.0 Å². The molecular formula is C23H25F2N3O5. The maximum absolute atomic E-state index is 13.3. The molecule has 3 amide bonds. The van der Waals surface area contributed by atoms with Crippen molar-refractivity contribution < 1.29 is 32.7 Å². The summed E-state index contributed by atoms with van der Waals surface area (Å²) in [6.45, 7) is 2.81. The number of rotatable bonds is 9. The molecule has 0 unspecified atom stereocenters. The maximum Gasteiger partial charge on any atom is 0.333 e. The molecule has 33 heavy (non-hydrogen) atoms. The Bertz CT molecular complexity index is 996. The molecule has 10 heteroatoms. The molecule has 176 valence electrons. The quantitative estimate of drug-likeness (QED) is 0.491. The summed E-state index contributed by atoms with van der Waals surface area (Å²) in [6, 6.07) is 8.04. The van der Waals surface area contributed by atoms with E-state index in [4.69, 9.17) is 4.74 Å². The Balaban J connectivity index is 1.92. The van der Waals surface area contributed by atoms with E-state index in [1.165, 1.54) is 21.0 Å². The summed E-state index contributed by atoms with van der Waals surface area (Å²) in [4.78, 5) is 49.1. The van der Waals surface area contributed by atoms with E-state index < -0.39 is 53.5 Å². The summed E-state index contributed by atoms with van der Waals surface area (Å²) in [7, 11) is 1.19. The van der Waals surface area contributed by atoms with Gasteiger partial charge in [-0.1, -0.05) is 30.3 Å². The zero-order valence-corrected chi connectivity index (χ0v) is 18.4. The van der Waals surface area contributed by atoms with Gasteiger partial charge >= 0.3 is 5.97 Å². The maximum atomic E-state index is 13.3. The van der Waals surface area contributed by atoms with Crippen molar-refractivity contribution in [3.63, 3.8) is 0 Å². The first-order valence-electron chi connectivity index (χ1n) is 10.1. The van der Waals surface area contributed by atoms with Crippen LogP contribution in [-0.2, 0) is 30.3 Å². The van der Waals surface area contributed by atoms with Gasteiger partial charge < -0.3 is 20.7 Å². The first-order chi connectivity index (χ1) is 15.6. The molecular weight excluding hydrogens is 436 g/mol. The highest BCUT2D eigenvalue weighted by atomic mass is 19.1. The lowest BCUT2D eigenvalue weighted by atomic mass is 10.1. The average Bonchev–Trinajstić information content (AvgIpc) is 2.76. The van der Waals surface area contributed by atoms with Crippen LogP contribution in [0.3, 0.4) is 0 Å². The molecule has 0 spiro atoms. The number of methoxy groups -OCH3 is 1. The van der Waals surface area contributed by atoms with E-state index in [1.807, 2.05) is 0 Å². The number of amides is 3. The topological polar surface area (TPSA) is 114 Å². The molecule has 0 saturated heterocycles. The van der Waals surface area contributed by atoms with Crippen LogP contribution in [0.4, 0.5) is 8.78 Å². The highest BCUT2D eigenvalue weighted by Crippen LogP contribution is 2.14. The molecule has 3 N–H and O–H groups in total. The lowest BCUT2D eigenvalue weighted by Gasteiger charge is -2.21. The van der Waals surface area contributed by atoms with Gasteiger partial charge in [-0.2, -0.15) is 0 Å². The van der Waals surface area contributed by atoms with Crippen LogP contribution in [0.5, 0.6) is 0 Å². The van der Waals surface area contributed by atoms with Gasteiger partial charge in [-0.15, -0.1) is 0 Å². The standard InChI is InChI=1S/C23H25F2N3O5/c1-13(26-19(29)11-15-9-17(24)12-18(25)10-15)21(30)27-14(2)22(31)28-20(23(32)33-3)16-7-5-4-6-8-16/h4-10,12-14,20H,11H2,1-3H3,(H,26,29)(H,27,30)(H,28,31)/t13-,14-,20-/m0/s1. The highest BCUT2D eigenvalue weighted by Gasteiger charge is 2.27. The van der Waals surface area contributed by atoms with Crippen molar-refractivity contribution in [1.82, 2.24) is 16.0 Å². The van der Waals surface area contributed by atoms with Gasteiger partial charge in [0.1, 0.15) is 23.7 Å².